The summed E-state index contributed by atoms with van der Waals surface area (Å²) >= 11 is 0. The second kappa shape index (κ2) is 5.78. The Morgan fingerprint density at radius 2 is 1.90 bits per heavy atom. The molecule has 2 rings (SSSR count). The van der Waals surface area contributed by atoms with Gasteiger partial charge in [-0.2, -0.15) is 13.2 Å². The number of rotatable bonds is 1. The van der Waals surface area contributed by atoms with Gasteiger partial charge in [0.1, 0.15) is 0 Å². The number of halogens is 3. The Hall–Kier alpha value is -0.780. The van der Waals surface area contributed by atoms with E-state index in [0.717, 1.165) is 0 Å². The number of alkyl halides is 3. The van der Waals surface area contributed by atoms with E-state index in [-0.39, 0.29) is 30.2 Å². The zero-order valence-electron chi connectivity index (χ0n) is 12.7. The van der Waals surface area contributed by atoms with Gasteiger partial charge in [-0.15, -0.1) is 0 Å². The van der Waals surface area contributed by atoms with Crippen LogP contribution in [-0.2, 0) is 4.79 Å². The van der Waals surface area contributed by atoms with Crippen LogP contribution in [0.25, 0.3) is 0 Å². The molecule has 2 aliphatic rings. The lowest BCUT2D eigenvalue weighted by Gasteiger charge is -2.44. The fraction of sp³-hybridized carbons (Fsp3) is 0.933. The van der Waals surface area contributed by atoms with Crippen molar-refractivity contribution in [3.8, 4) is 0 Å². The van der Waals surface area contributed by atoms with Crippen LogP contribution in [0.5, 0.6) is 0 Å². The number of likely N-dealkylation sites (tertiary alicyclic amines) is 1. The van der Waals surface area contributed by atoms with E-state index >= 15 is 0 Å². The van der Waals surface area contributed by atoms with E-state index in [1.807, 2.05) is 13.8 Å². The van der Waals surface area contributed by atoms with Gasteiger partial charge in [0.15, 0.2) is 0 Å². The molecule has 0 radical (unpaired) electrons. The normalized spacial score (nSPS) is 33.8. The van der Waals surface area contributed by atoms with Gasteiger partial charge < -0.3 is 10.6 Å². The quantitative estimate of drug-likeness (QED) is 0.809. The fourth-order valence-electron chi connectivity index (χ4n) is 3.53. The summed E-state index contributed by atoms with van der Waals surface area (Å²) in [5, 5.41) is 0. The predicted molar refractivity (Wildman–Crippen MR) is 74.5 cm³/mol. The summed E-state index contributed by atoms with van der Waals surface area (Å²) < 4.78 is 38.6. The molecule has 0 aromatic heterocycles. The lowest BCUT2D eigenvalue weighted by molar-refractivity contribution is -0.187. The van der Waals surface area contributed by atoms with E-state index in [2.05, 4.69) is 0 Å². The molecule has 3 nitrogen and oxygen atoms in total. The predicted octanol–water partition coefficient (Wildman–Crippen LogP) is 2.94. The van der Waals surface area contributed by atoms with Crippen LogP contribution in [0.1, 0.15) is 46.0 Å². The van der Waals surface area contributed by atoms with Crippen LogP contribution < -0.4 is 5.73 Å². The maximum atomic E-state index is 12.9. The van der Waals surface area contributed by atoms with Crippen molar-refractivity contribution < 1.29 is 18.0 Å². The first-order valence-corrected chi connectivity index (χ1v) is 7.72. The summed E-state index contributed by atoms with van der Waals surface area (Å²) in [6.45, 7) is 5.13. The van der Waals surface area contributed by atoms with E-state index in [4.69, 9.17) is 5.73 Å². The molecule has 2 N–H and O–H groups in total. The first kappa shape index (κ1) is 16.6. The summed E-state index contributed by atoms with van der Waals surface area (Å²) in [6, 6.07) is 0.0378. The van der Waals surface area contributed by atoms with Crippen molar-refractivity contribution >= 4 is 5.91 Å². The first-order chi connectivity index (χ1) is 9.61. The molecule has 6 heteroatoms. The molecule has 0 aromatic carbocycles. The largest absolute Gasteiger partial charge is 0.391 e. The highest BCUT2D eigenvalue weighted by Crippen LogP contribution is 2.41. The maximum Gasteiger partial charge on any atom is 0.391 e. The average molecular weight is 306 g/mol. The fourth-order valence-corrected chi connectivity index (χ4v) is 3.53. The molecular weight excluding hydrogens is 281 g/mol. The molecular formula is C15H25F3N2O. The Morgan fingerprint density at radius 1 is 1.24 bits per heavy atom. The summed E-state index contributed by atoms with van der Waals surface area (Å²) in [7, 11) is 0. The minimum Gasteiger partial charge on any atom is -0.342 e. The van der Waals surface area contributed by atoms with Gasteiger partial charge in [-0.1, -0.05) is 20.3 Å². The molecule has 1 saturated carbocycles. The summed E-state index contributed by atoms with van der Waals surface area (Å²) in [5.74, 6) is -1.90. The third kappa shape index (κ3) is 3.71. The van der Waals surface area contributed by atoms with Crippen molar-refractivity contribution in [1.82, 2.24) is 4.90 Å². The number of hydrogen-bond acceptors (Lipinski definition) is 2. The van der Waals surface area contributed by atoms with Crippen molar-refractivity contribution in [1.29, 1.82) is 0 Å². The number of amides is 1. The van der Waals surface area contributed by atoms with E-state index in [0.29, 0.717) is 32.4 Å². The number of piperidine rings is 1. The van der Waals surface area contributed by atoms with Crippen molar-refractivity contribution in [2.75, 3.05) is 13.1 Å². The molecule has 1 aliphatic heterocycles. The van der Waals surface area contributed by atoms with Crippen LogP contribution >= 0.6 is 0 Å². The lowest BCUT2D eigenvalue weighted by Crippen LogP contribution is -2.55. The number of nitrogens with zero attached hydrogens (tertiary/aromatic N) is 1. The van der Waals surface area contributed by atoms with Gasteiger partial charge in [0, 0.05) is 25.0 Å². The van der Waals surface area contributed by atoms with Crippen LogP contribution in [0.15, 0.2) is 0 Å². The van der Waals surface area contributed by atoms with Crippen LogP contribution in [0.4, 0.5) is 13.2 Å². The van der Waals surface area contributed by atoms with Gasteiger partial charge in [0.2, 0.25) is 5.91 Å². The Bertz CT molecular complexity index is 395. The molecule has 0 spiro atoms. The summed E-state index contributed by atoms with van der Waals surface area (Å²) in [5.41, 5.74) is 5.87. The second-order valence-electron chi connectivity index (χ2n) is 7.25. The number of nitrogens with two attached hydrogens (primary N) is 1. The van der Waals surface area contributed by atoms with Crippen LogP contribution in [0.2, 0.25) is 0 Å². The third-order valence-corrected chi connectivity index (χ3v) is 5.11. The molecule has 3 unspecified atom stereocenters. The molecule has 122 valence electrons. The molecule has 2 fully saturated rings. The Balaban J connectivity index is 2.00. The highest BCUT2D eigenvalue weighted by atomic mass is 19.4. The van der Waals surface area contributed by atoms with E-state index in [1.54, 1.807) is 4.90 Å². The smallest absolute Gasteiger partial charge is 0.342 e. The molecule has 0 aromatic rings. The minimum atomic E-state index is -4.18. The average Bonchev–Trinajstić information content (AvgIpc) is 2.40. The van der Waals surface area contributed by atoms with Crippen molar-refractivity contribution in [2.24, 2.45) is 23.0 Å². The molecule has 1 saturated heterocycles. The van der Waals surface area contributed by atoms with E-state index in [9.17, 15) is 18.0 Å². The van der Waals surface area contributed by atoms with E-state index < -0.39 is 18.0 Å². The van der Waals surface area contributed by atoms with Gasteiger partial charge in [-0.05, 0) is 31.1 Å². The zero-order chi connectivity index (χ0) is 15.8. The van der Waals surface area contributed by atoms with E-state index in [1.165, 1.54) is 0 Å². The highest BCUT2D eigenvalue weighted by Gasteiger charge is 2.45. The molecule has 1 aliphatic carbocycles. The molecule has 21 heavy (non-hydrogen) atoms. The topological polar surface area (TPSA) is 46.3 Å². The number of hydrogen-bond donors (Lipinski definition) is 1. The Labute approximate surface area is 124 Å². The number of carbonyl (C=O) groups is 1. The molecule has 0 bridgehead atoms. The van der Waals surface area contributed by atoms with Gasteiger partial charge in [-0.25, -0.2) is 0 Å². The highest BCUT2D eigenvalue weighted by molar-refractivity contribution is 5.79. The Morgan fingerprint density at radius 3 is 2.48 bits per heavy atom. The first-order valence-electron chi connectivity index (χ1n) is 7.72. The van der Waals surface area contributed by atoms with Crippen molar-refractivity contribution in [3.05, 3.63) is 0 Å². The summed E-state index contributed by atoms with van der Waals surface area (Å²) in [4.78, 5) is 14.3. The van der Waals surface area contributed by atoms with Crippen LogP contribution in [0, 0.1) is 17.3 Å². The van der Waals surface area contributed by atoms with Crippen LogP contribution in [-0.4, -0.2) is 36.1 Å². The molecule has 1 heterocycles. The minimum absolute atomic E-state index is 0.0378. The van der Waals surface area contributed by atoms with Crippen molar-refractivity contribution in [3.63, 3.8) is 0 Å². The second-order valence-corrected chi connectivity index (χ2v) is 7.25. The maximum absolute atomic E-state index is 12.9. The zero-order valence-corrected chi connectivity index (χ0v) is 12.7. The van der Waals surface area contributed by atoms with Gasteiger partial charge in [0.25, 0.3) is 0 Å². The van der Waals surface area contributed by atoms with Crippen LogP contribution in [0.3, 0.4) is 0 Å². The standard InChI is InChI=1S/C15H25F3N2O/c1-14(2)9-20(7-6-12(14)19)13(21)10-4-3-5-11(8-10)15(16,17)18/h10-12H,3-9,19H2,1-2H3. The molecule has 3 atom stereocenters. The lowest BCUT2D eigenvalue weighted by atomic mass is 9.77. The number of carbonyl (C=O) groups excluding carboxylic acids is 1. The van der Waals surface area contributed by atoms with Gasteiger partial charge in [-0.3, -0.25) is 4.79 Å². The SMILES string of the molecule is CC1(C)CN(C(=O)C2CCCC(C(F)(F)F)C2)CCC1N. The third-order valence-electron chi connectivity index (χ3n) is 5.11. The van der Waals surface area contributed by atoms with Gasteiger partial charge >= 0.3 is 6.18 Å². The summed E-state index contributed by atoms with van der Waals surface area (Å²) in [6.07, 6.45) is -2.29. The Kier molecular flexibility index (Phi) is 4.57. The van der Waals surface area contributed by atoms with Gasteiger partial charge in [0.05, 0.1) is 5.92 Å². The van der Waals surface area contributed by atoms with Crippen molar-refractivity contribution in [2.45, 2.75) is 58.2 Å². The monoisotopic (exact) mass is 306 g/mol. The molecule has 1 amide bonds.